The third-order valence-corrected chi connectivity index (χ3v) is 11.9. The Kier molecular flexibility index (Phi) is 19.0. The maximum absolute atomic E-state index is 12.9. The Morgan fingerprint density at radius 1 is 0.640 bits per heavy atom. The molecule has 50 heavy (non-hydrogen) atoms. The SMILES string of the molecule is CCCCC/C=C\C/C=C\CCCCCCCC(=O)OCC(COC(=O)CCCN1CCCC1)COC(=O)CCC12CC3CC(CC(C3)C1)C2. The molecule has 7 heteroatoms. The van der Waals surface area contributed by atoms with Gasteiger partial charge >= 0.3 is 17.9 Å². The molecule has 5 rings (SSSR count). The normalized spacial score (nSPS) is 25.1. The molecule has 0 aromatic heterocycles. The number of rotatable bonds is 27. The Balaban J connectivity index is 1.08. The average molecular weight is 698 g/mol. The van der Waals surface area contributed by atoms with Crippen LogP contribution in [0.5, 0.6) is 0 Å². The van der Waals surface area contributed by atoms with Crippen molar-refractivity contribution in [3.8, 4) is 0 Å². The lowest BCUT2D eigenvalue weighted by Gasteiger charge is -2.57. The summed E-state index contributed by atoms with van der Waals surface area (Å²) in [6.45, 7) is 5.70. The Bertz CT molecular complexity index is 1010. The number of hydrogen-bond donors (Lipinski definition) is 0. The number of allylic oxidation sites excluding steroid dienone is 4. The monoisotopic (exact) mass is 698 g/mol. The first kappa shape index (κ1) is 40.6. The summed E-state index contributed by atoms with van der Waals surface area (Å²) in [5, 5.41) is 0. The molecule has 5 aliphatic rings. The van der Waals surface area contributed by atoms with Gasteiger partial charge in [0.25, 0.3) is 0 Å². The number of carbonyl (C=O) groups is 3. The first-order valence-electron chi connectivity index (χ1n) is 20.9. The summed E-state index contributed by atoms with van der Waals surface area (Å²) < 4.78 is 17.0. The van der Waals surface area contributed by atoms with Crippen LogP contribution in [0.15, 0.2) is 24.3 Å². The van der Waals surface area contributed by atoms with Crippen LogP contribution in [-0.2, 0) is 28.6 Å². The number of esters is 3. The van der Waals surface area contributed by atoms with Crippen LogP contribution in [0.1, 0.15) is 161 Å². The molecule has 0 aromatic carbocycles. The van der Waals surface area contributed by atoms with Gasteiger partial charge in [-0.2, -0.15) is 0 Å². The Morgan fingerprint density at radius 2 is 1.14 bits per heavy atom. The quantitative estimate of drug-likeness (QED) is 0.0366. The van der Waals surface area contributed by atoms with E-state index in [1.54, 1.807) is 0 Å². The van der Waals surface area contributed by atoms with Crippen molar-refractivity contribution >= 4 is 17.9 Å². The number of ether oxygens (including phenoxy) is 3. The maximum Gasteiger partial charge on any atom is 0.305 e. The van der Waals surface area contributed by atoms with E-state index in [1.165, 1.54) is 89.9 Å². The van der Waals surface area contributed by atoms with Gasteiger partial charge in [0.05, 0.1) is 5.92 Å². The summed E-state index contributed by atoms with van der Waals surface area (Å²) in [4.78, 5) is 40.4. The smallest absolute Gasteiger partial charge is 0.305 e. The van der Waals surface area contributed by atoms with Gasteiger partial charge in [0.15, 0.2) is 0 Å². The molecule has 4 saturated carbocycles. The maximum atomic E-state index is 12.9. The largest absolute Gasteiger partial charge is 0.465 e. The summed E-state index contributed by atoms with van der Waals surface area (Å²) >= 11 is 0. The summed E-state index contributed by atoms with van der Waals surface area (Å²) in [7, 11) is 0. The third kappa shape index (κ3) is 16.0. The minimum absolute atomic E-state index is 0.0990. The zero-order valence-electron chi connectivity index (χ0n) is 31.7. The van der Waals surface area contributed by atoms with Crippen molar-refractivity contribution in [1.29, 1.82) is 0 Å². The van der Waals surface area contributed by atoms with Crippen molar-refractivity contribution in [3.05, 3.63) is 24.3 Å². The van der Waals surface area contributed by atoms with Gasteiger partial charge in [0.2, 0.25) is 0 Å². The van der Waals surface area contributed by atoms with Gasteiger partial charge in [0.1, 0.15) is 19.8 Å². The first-order valence-corrected chi connectivity index (χ1v) is 20.9. The summed E-state index contributed by atoms with van der Waals surface area (Å²) in [6, 6.07) is 0. The second kappa shape index (κ2) is 23.4. The number of hydrogen-bond acceptors (Lipinski definition) is 7. The van der Waals surface area contributed by atoms with Crippen LogP contribution in [0.3, 0.4) is 0 Å². The van der Waals surface area contributed by atoms with E-state index >= 15 is 0 Å². The van der Waals surface area contributed by atoms with Crippen LogP contribution >= 0.6 is 0 Å². The lowest BCUT2D eigenvalue weighted by Crippen LogP contribution is -2.46. The molecule has 0 spiro atoms. The predicted molar refractivity (Wildman–Crippen MR) is 200 cm³/mol. The molecule has 0 N–H and O–H groups in total. The molecule has 4 bridgehead atoms. The second-order valence-electron chi connectivity index (χ2n) is 16.5. The summed E-state index contributed by atoms with van der Waals surface area (Å²) in [6.07, 6.45) is 35.1. The molecule has 7 nitrogen and oxygen atoms in total. The van der Waals surface area contributed by atoms with Crippen molar-refractivity contribution in [1.82, 2.24) is 4.90 Å². The van der Waals surface area contributed by atoms with Crippen LogP contribution in [0.2, 0.25) is 0 Å². The topological polar surface area (TPSA) is 82.1 Å². The van der Waals surface area contributed by atoms with Crippen LogP contribution < -0.4 is 0 Å². The number of carbonyl (C=O) groups excluding carboxylic acids is 3. The van der Waals surface area contributed by atoms with Crippen LogP contribution in [0.4, 0.5) is 0 Å². The van der Waals surface area contributed by atoms with Gasteiger partial charge in [-0.1, -0.05) is 63.3 Å². The molecule has 0 amide bonds. The fourth-order valence-electron chi connectivity index (χ4n) is 9.49. The van der Waals surface area contributed by atoms with Crippen LogP contribution in [0.25, 0.3) is 0 Å². The molecule has 284 valence electrons. The van der Waals surface area contributed by atoms with E-state index in [0.29, 0.717) is 24.7 Å². The fraction of sp³-hybridized carbons (Fsp3) is 0.837. The summed E-state index contributed by atoms with van der Waals surface area (Å²) in [5.41, 5.74) is 0.342. The molecule has 1 heterocycles. The van der Waals surface area contributed by atoms with Crippen molar-refractivity contribution in [2.24, 2.45) is 29.1 Å². The van der Waals surface area contributed by atoms with E-state index in [0.717, 1.165) is 82.3 Å². The van der Waals surface area contributed by atoms with Gasteiger partial charge in [0, 0.05) is 19.3 Å². The number of unbranched alkanes of at least 4 members (excludes halogenated alkanes) is 8. The van der Waals surface area contributed by atoms with Crippen molar-refractivity contribution in [3.63, 3.8) is 0 Å². The minimum atomic E-state index is -0.352. The molecule has 1 atom stereocenters. The second-order valence-corrected chi connectivity index (χ2v) is 16.5. The highest BCUT2D eigenvalue weighted by molar-refractivity contribution is 5.70. The predicted octanol–water partition coefficient (Wildman–Crippen LogP) is 9.92. The van der Waals surface area contributed by atoms with E-state index < -0.39 is 0 Å². The lowest BCUT2D eigenvalue weighted by molar-refractivity contribution is -0.154. The van der Waals surface area contributed by atoms with Crippen molar-refractivity contribution < 1.29 is 28.6 Å². The van der Waals surface area contributed by atoms with Crippen molar-refractivity contribution in [2.45, 2.75) is 161 Å². The minimum Gasteiger partial charge on any atom is -0.465 e. The van der Waals surface area contributed by atoms with E-state index in [4.69, 9.17) is 14.2 Å². The molecule has 1 unspecified atom stereocenters. The van der Waals surface area contributed by atoms with Gasteiger partial charge in [-0.05, 0) is 146 Å². The molecule has 4 aliphatic carbocycles. The van der Waals surface area contributed by atoms with E-state index in [9.17, 15) is 14.4 Å². The third-order valence-electron chi connectivity index (χ3n) is 11.9. The Hall–Kier alpha value is -2.15. The zero-order valence-corrected chi connectivity index (χ0v) is 31.7. The standard InChI is InChI=1S/C43H71NO6/c1-2-3-4-5-6-7-8-9-10-11-12-13-14-15-16-20-40(45)48-33-39(34-49-41(46)21-19-26-44-24-17-18-25-44)35-50-42(47)22-23-43-30-36-27-37(31-43)29-38(28-36)32-43/h6-7,9-10,36-39H,2-5,8,11-35H2,1H3/b7-6-,10-9-. The van der Waals surface area contributed by atoms with Gasteiger partial charge in [-0.25, -0.2) is 0 Å². The molecular weight excluding hydrogens is 626 g/mol. The van der Waals surface area contributed by atoms with E-state index in [2.05, 4.69) is 36.1 Å². The van der Waals surface area contributed by atoms with Gasteiger partial charge < -0.3 is 19.1 Å². The molecule has 1 saturated heterocycles. The zero-order chi connectivity index (χ0) is 35.3. The van der Waals surface area contributed by atoms with Crippen molar-refractivity contribution in [2.75, 3.05) is 39.5 Å². The lowest BCUT2D eigenvalue weighted by atomic mass is 9.48. The van der Waals surface area contributed by atoms with E-state index in [1.807, 2.05) is 0 Å². The number of likely N-dealkylation sites (tertiary alicyclic amines) is 1. The molecular formula is C43H71NO6. The highest BCUT2D eigenvalue weighted by Crippen LogP contribution is 2.61. The highest BCUT2D eigenvalue weighted by atomic mass is 16.6. The van der Waals surface area contributed by atoms with E-state index in [-0.39, 0.29) is 43.6 Å². The van der Waals surface area contributed by atoms with Crippen LogP contribution in [0, 0.1) is 29.1 Å². The first-order chi connectivity index (χ1) is 24.4. The molecule has 0 radical (unpaired) electrons. The average Bonchev–Trinajstić information content (AvgIpc) is 3.62. The van der Waals surface area contributed by atoms with Crippen LogP contribution in [-0.4, -0.2) is 62.3 Å². The highest BCUT2D eigenvalue weighted by Gasteiger charge is 2.50. The molecule has 0 aromatic rings. The Labute approximate surface area is 304 Å². The molecule has 5 fully saturated rings. The molecule has 1 aliphatic heterocycles. The number of nitrogens with zero attached hydrogens (tertiary/aromatic N) is 1. The van der Waals surface area contributed by atoms with Gasteiger partial charge in [-0.15, -0.1) is 0 Å². The van der Waals surface area contributed by atoms with Gasteiger partial charge in [-0.3, -0.25) is 14.4 Å². The summed E-state index contributed by atoms with van der Waals surface area (Å²) in [5.74, 6) is 1.60. The fourth-order valence-corrected chi connectivity index (χ4v) is 9.49. The Morgan fingerprint density at radius 3 is 1.72 bits per heavy atom.